The number of imide groups is 1. The minimum absolute atomic E-state index is 0.116. The lowest BCUT2D eigenvalue weighted by molar-refractivity contribution is -0.406. The van der Waals surface area contributed by atoms with Crippen LogP contribution in [-0.2, 0) is 21.4 Å². The molecule has 0 saturated heterocycles. The van der Waals surface area contributed by atoms with Gasteiger partial charge in [0.05, 0.1) is 23.2 Å². The molecular weight excluding hydrogens is 403 g/mol. The van der Waals surface area contributed by atoms with Gasteiger partial charge in [0.2, 0.25) is 10.0 Å². The van der Waals surface area contributed by atoms with Gasteiger partial charge < -0.3 is 4.52 Å². The molecule has 0 aromatic carbocycles. The van der Waals surface area contributed by atoms with Gasteiger partial charge in [-0.05, 0) is 38.0 Å². The molecule has 11 heteroatoms. The molecule has 1 aromatic rings. The van der Waals surface area contributed by atoms with Gasteiger partial charge >= 0.3 is 11.9 Å². The van der Waals surface area contributed by atoms with Crippen molar-refractivity contribution in [2.75, 3.05) is 13.7 Å². The van der Waals surface area contributed by atoms with Gasteiger partial charge in [-0.1, -0.05) is 5.16 Å². The molecule has 0 bridgehead atoms. The van der Waals surface area contributed by atoms with E-state index < -0.39 is 40.1 Å². The lowest BCUT2D eigenvalue weighted by Crippen LogP contribution is -2.53. The van der Waals surface area contributed by atoms with E-state index in [2.05, 4.69) is 9.88 Å². The van der Waals surface area contributed by atoms with Gasteiger partial charge in [-0.3, -0.25) is 0 Å². The molecule has 2 aliphatic carbocycles. The molecule has 1 saturated carbocycles. The van der Waals surface area contributed by atoms with Crippen LogP contribution in [0.5, 0.6) is 0 Å². The molecule has 0 radical (unpaired) electrons. The Morgan fingerprint density at radius 3 is 2.69 bits per heavy atom. The maximum absolute atomic E-state index is 13.1. The maximum atomic E-state index is 13.1. The fourth-order valence-electron chi connectivity index (χ4n) is 3.38. The number of aromatic nitrogens is 1. The van der Waals surface area contributed by atoms with Gasteiger partial charge in [0.25, 0.3) is 0 Å². The number of nitrogens with one attached hydrogen (secondary N) is 1. The highest BCUT2D eigenvalue weighted by Gasteiger charge is 2.49. The molecule has 154 valence electrons. The summed E-state index contributed by atoms with van der Waals surface area (Å²) >= 11 is 0. The fraction of sp³-hybridized carbons (Fsp3) is 0.444. The zero-order chi connectivity index (χ0) is 21.0. The summed E-state index contributed by atoms with van der Waals surface area (Å²) in [5.41, 5.74) is -0.0632. The third-order valence-corrected chi connectivity index (χ3v) is 6.86. The Morgan fingerprint density at radius 1 is 1.38 bits per heavy atom. The number of hydrogen-bond donors (Lipinski definition) is 1. The van der Waals surface area contributed by atoms with E-state index in [4.69, 9.17) is 4.52 Å². The van der Waals surface area contributed by atoms with Crippen molar-refractivity contribution in [2.24, 2.45) is 5.92 Å². The van der Waals surface area contributed by atoms with Crippen LogP contribution in [0.4, 0.5) is 9.18 Å². The Labute approximate surface area is 166 Å². The molecule has 3 aliphatic rings. The van der Waals surface area contributed by atoms with E-state index in [9.17, 15) is 22.4 Å². The smallest absolute Gasteiger partial charge is 0.357 e. The van der Waals surface area contributed by atoms with E-state index in [0.29, 0.717) is 30.0 Å². The second kappa shape index (κ2) is 6.70. The Kier molecular flexibility index (Phi) is 4.54. The van der Waals surface area contributed by atoms with Gasteiger partial charge in [-0.15, -0.1) is 0 Å². The number of allylic oxidation sites excluding steroid dienone is 2. The summed E-state index contributed by atoms with van der Waals surface area (Å²) in [4.78, 5) is 26.5. The van der Waals surface area contributed by atoms with Crippen LogP contribution in [0.1, 0.15) is 24.3 Å². The first kappa shape index (κ1) is 19.6. The van der Waals surface area contributed by atoms with Crippen molar-refractivity contribution in [3.63, 3.8) is 0 Å². The molecule has 9 nitrogen and oxygen atoms in total. The van der Waals surface area contributed by atoms with E-state index in [0.717, 1.165) is 4.90 Å². The van der Waals surface area contributed by atoms with Crippen molar-refractivity contribution in [3.8, 4) is 0 Å². The Balaban J connectivity index is 1.65. The summed E-state index contributed by atoms with van der Waals surface area (Å²) in [6.07, 6.45) is 4.90. The fourth-order valence-corrected chi connectivity index (χ4v) is 4.89. The van der Waals surface area contributed by atoms with Crippen LogP contribution < -0.4 is 4.72 Å². The molecule has 2 heterocycles. The largest absolute Gasteiger partial charge is 0.501 e. The number of amides is 3. The lowest BCUT2D eigenvalue weighted by atomic mass is 9.94. The standard InChI is InChI=1S/C18H20FN4O5S/c1-11-7-12(28-20-11)9-23-16(24)14-8-13(3-4-15(14)22(2)17(23)25)29(26,27)21-18(10-19)5-6-18/h3-4,7-8,14,21H,5-6,9-10H2,1-2H3/q+1. The number of halogens is 1. The molecule has 1 N–H and O–H groups in total. The van der Waals surface area contributed by atoms with Crippen molar-refractivity contribution in [2.45, 2.75) is 31.8 Å². The Hall–Kier alpha value is -2.66. The van der Waals surface area contributed by atoms with Crippen LogP contribution >= 0.6 is 0 Å². The van der Waals surface area contributed by atoms with Gasteiger partial charge in [-0.2, -0.15) is 14.3 Å². The third-order valence-electron chi connectivity index (χ3n) is 5.27. The second-order valence-corrected chi connectivity index (χ2v) is 9.21. The van der Waals surface area contributed by atoms with Crippen molar-refractivity contribution >= 4 is 27.7 Å². The predicted molar refractivity (Wildman–Crippen MR) is 99.1 cm³/mol. The van der Waals surface area contributed by atoms with Gasteiger partial charge in [0.1, 0.15) is 18.3 Å². The highest BCUT2D eigenvalue weighted by Crippen LogP contribution is 2.37. The zero-order valence-corrected chi connectivity index (χ0v) is 16.7. The van der Waals surface area contributed by atoms with Crippen molar-refractivity contribution in [3.05, 3.63) is 40.7 Å². The normalized spacial score (nSPS) is 23.3. The van der Waals surface area contributed by atoms with Crippen LogP contribution in [0, 0.1) is 12.8 Å². The number of sulfonamides is 1. The van der Waals surface area contributed by atoms with Crippen molar-refractivity contribution in [1.29, 1.82) is 0 Å². The summed E-state index contributed by atoms with van der Waals surface area (Å²) in [5, 5.41) is 3.74. The number of rotatable bonds is 6. The van der Waals surface area contributed by atoms with Gasteiger partial charge in [-0.25, -0.2) is 22.3 Å². The highest BCUT2D eigenvalue weighted by atomic mass is 32.2. The number of nitrogens with zero attached hydrogens (tertiary/aromatic N) is 3. The Morgan fingerprint density at radius 2 is 2.10 bits per heavy atom. The molecule has 0 spiro atoms. The summed E-state index contributed by atoms with van der Waals surface area (Å²) in [5.74, 6) is -1.19. The lowest BCUT2D eigenvalue weighted by Gasteiger charge is -2.26. The average Bonchev–Trinajstić information content (AvgIpc) is 3.33. The predicted octanol–water partition coefficient (Wildman–Crippen LogP) is 1.02. The van der Waals surface area contributed by atoms with E-state index >= 15 is 0 Å². The quantitative estimate of drug-likeness (QED) is 0.684. The number of aryl methyl sites for hydroxylation is 1. The number of hydrogen-bond acceptors (Lipinski definition) is 6. The number of alkyl halides is 1. The number of urea groups is 1. The second-order valence-electron chi connectivity index (χ2n) is 7.52. The van der Waals surface area contributed by atoms with Crippen molar-refractivity contribution < 1.29 is 31.5 Å². The molecule has 3 amide bonds. The van der Waals surface area contributed by atoms with E-state index in [1.807, 2.05) is 0 Å². The van der Waals surface area contributed by atoms with Crippen LogP contribution in [0.3, 0.4) is 0 Å². The Bertz CT molecular complexity index is 1100. The molecular formula is C18H20FN4O5S+. The van der Waals surface area contributed by atoms with Gasteiger partial charge in [0.15, 0.2) is 12.3 Å². The molecule has 1 unspecified atom stereocenters. The number of carbonyl (C=O) groups excluding carboxylic acids is 2. The topological polar surface area (TPSA) is 113 Å². The van der Waals surface area contributed by atoms with Crippen LogP contribution in [-0.4, -0.2) is 60.0 Å². The van der Waals surface area contributed by atoms with E-state index in [-0.39, 0.29) is 11.4 Å². The van der Waals surface area contributed by atoms with Crippen LogP contribution in [0.25, 0.3) is 0 Å². The maximum Gasteiger partial charge on any atom is 0.501 e. The van der Waals surface area contributed by atoms with E-state index in [1.54, 1.807) is 13.0 Å². The molecule has 4 rings (SSSR count). The van der Waals surface area contributed by atoms with Crippen LogP contribution in [0.2, 0.25) is 0 Å². The van der Waals surface area contributed by atoms with Gasteiger partial charge in [0, 0.05) is 6.07 Å². The third kappa shape index (κ3) is 3.44. The summed E-state index contributed by atoms with van der Waals surface area (Å²) in [6.45, 7) is 0.813. The first-order chi connectivity index (χ1) is 13.7. The molecule has 1 aromatic heterocycles. The number of carbonyl (C=O) groups is 2. The summed E-state index contributed by atoms with van der Waals surface area (Å²) in [7, 11) is -2.49. The minimum Gasteiger partial charge on any atom is -0.357 e. The summed E-state index contributed by atoms with van der Waals surface area (Å²) in [6, 6.07) is 1.06. The molecule has 1 atom stereocenters. The first-order valence-corrected chi connectivity index (χ1v) is 10.5. The molecule has 1 fully saturated rings. The highest BCUT2D eigenvalue weighted by molar-refractivity contribution is 7.93. The van der Waals surface area contributed by atoms with Crippen molar-refractivity contribution in [1.82, 2.24) is 14.8 Å². The molecule has 29 heavy (non-hydrogen) atoms. The first-order valence-electron chi connectivity index (χ1n) is 9.04. The average molecular weight is 423 g/mol. The minimum atomic E-state index is -4.00. The summed E-state index contributed by atoms with van der Waals surface area (Å²) < 4.78 is 47.2. The SMILES string of the molecule is Cc1cc(CN2C(=O)C3C=C(S(=O)(=O)NC4(CF)CC4)C=CC3=[N+](C)C2=O)on1. The zero-order valence-electron chi connectivity index (χ0n) is 15.9. The van der Waals surface area contributed by atoms with E-state index in [1.165, 1.54) is 29.9 Å². The van der Waals surface area contributed by atoms with Crippen LogP contribution in [0.15, 0.2) is 33.7 Å². The monoisotopic (exact) mass is 423 g/mol. The number of fused-ring (bicyclic) bond motifs is 1. The molecule has 1 aliphatic heterocycles.